The van der Waals surface area contributed by atoms with E-state index >= 15 is 0 Å². The molecule has 30 heavy (non-hydrogen) atoms. The third-order valence-electron chi connectivity index (χ3n) is 5.05. The highest BCUT2D eigenvalue weighted by Gasteiger charge is 2.47. The third-order valence-corrected chi connectivity index (χ3v) is 5.05. The average Bonchev–Trinajstić information content (AvgIpc) is 3.05. The van der Waals surface area contributed by atoms with Crippen LogP contribution >= 0.6 is 0 Å². The smallest absolute Gasteiger partial charge is 0.300 e. The number of hydrogen-bond donors (Lipinski definition) is 2. The summed E-state index contributed by atoms with van der Waals surface area (Å²) in [6.45, 7) is 0. The number of amides is 1. The van der Waals surface area contributed by atoms with E-state index in [1.807, 2.05) is 6.07 Å². The summed E-state index contributed by atoms with van der Waals surface area (Å²) in [6, 6.07) is 21.1. The van der Waals surface area contributed by atoms with E-state index in [0.717, 1.165) is 0 Å². The highest BCUT2D eigenvalue weighted by Crippen LogP contribution is 2.43. The SMILES string of the molecule is COc1cc(C2/C(=C(\O)c3ccccc3)C(=O)C(=O)N2c2ccccc2)ccc1O. The fourth-order valence-electron chi connectivity index (χ4n) is 3.62. The molecule has 6 nitrogen and oxygen atoms in total. The Labute approximate surface area is 173 Å². The predicted octanol–water partition coefficient (Wildman–Crippen LogP) is 4.03. The fraction of sp³-hybridized carbons (Fsp3) is 0.0833. The first-order valence-electron chi connectivity index (χ1n) is 9.31. The molecule has 1 heterocycles. The van der Waals surface area contributed by atoms with Crippen molar-refractivity contribution in [1.82, 2.24) is 0 Å². The third kappa shape index (κ3) is 3.18. The van der Waals surface area contributed by atoms with Gasteiger partial charge >= 0.3 is 0 Å². The molecular weight excluding hydrogens is 382 g/mol. The van der Waals surface area contributed by atoms with Crippen LogP contribution in [0.3, 0.4) is 0 Å². The Balaban J connectivity index is 1.97. The van der Waals surface area contributed by atoms with E-state index in [9.17, 15) is 19.8 Å². The number of phenolic OH excluding ortho intramolecular Hbond substituents is 1. The molecule has 1 fully saturated rings. The molecular formula is C24H19NO5. The molecule has 2 N–H and O–H groups in total. The van der Waals surface area contributed by atoms with E-state index in [1.54, 1.807) is 66.7 Å². The molecule has 0 saturated carbocycles. The molecule has 150 valence electrons. The van der Waals surface area contributed by atoms with E-state index in [-0.39, 0.29) is 22.8 Å². The van der Waals surface area contributed by atoms with Crippen LogP contribution in [0.5, 0.6) is 11.5 Å². The number of aliphatic hydroxyl groups is 1. The van der Waals surface area contributed by atoms with Crippen LogP contribution in [-0.4, -0.2) is 29.0 Å². The average molecular weight is 401 g/mol. The topological polar surface area (TPSA) is 87.1 Å². The molecule has 1 unspecified atom stereocenters. The number of Topliss-reactive ketones (excluding diaryl/α,β-unsaturated/α-hetero) is 1. The minimum Gasteiger partial charge on any atom is -0.507 e. The van der Waals surface area contributed by atoms with E-state index in [4.69, 9.17) is 4.74 Å². The van der Waals surface area contributed by atoms with Crippen LogP contribution in [0.1, 0.15) is 17.2 Å². The molecule has 1 atom stereocenters. The number of carbonyl (C=O) groups excluding carboxylic acids is 2. The molecule has 3 aromatic rings. The number of aromatic hydroxyl groups is 1. The van der Waals surface area contributed by atoms with Crippen LogP contribution in [0.2, 0.25) is 0 Å². The number of phenols is 1. The summed E-state index contributed by atoms with van der Waals surface area (Å²) >= 11 is 0. The number of ether oxygens (including phenoxy) is 1. The number of para-hydroxylation sites is 1. The highest BCUT2D eigenvalue weighted by atomic mass is 16.5. The summed E-state index contributed by atoms with van der Waals surface area (Å²) in [4.78, 5) is 27.4. The van der Waals surface area contributed by atoms with Gasteiger partial charge in [-0.25, -0.2) is 0 Å². The number of ketones is 1. The van der Waals surface area contributed by atoms with Gasteiger partial charge in [-0.1, -0.05) is 54.6 Å². The van der Waals surface area contributed by atoms with Crippen molar-refractivity contribution in [2.45, 2.75) is 6.04 Å². The lowest BCUT2D eigenvalue weighted by Crippen LogP contribution is -2.29. The minimum atomic E-state index is -0.887. The van der Waals surface area contributed by atoms with Crippen molar-refractivity contribution in [1.29, 1.82) is 0 Å². The molecule has 1 amide bonds. The zero-order valence-electron chi connectivity index (χ0n) is 16.1. The number of benzene rings is 3. The molecule has 1 aliphatic heterocycles. The summed E-state index contributed by atoms with van der Waals surface area (Å²) in [5.41, 5.74) is 1.44. The van der Waals surface area contributed by atoms with Gasteiger partial charge in [0.15, 0.2) is 11.5 Å². The van der Waals surface area contributed by atoms with Gasteiger partial charge in [-0.3, -0.25) is 14.5 Å². The van der Waals surface area contributed by atoms with Gasteiger partial charge < -0.3 is 14.9 Å². The van der Waals surface area contributed by atoms with Gasteiger partial charge in [-0.2, -0.15) is 0 Å². The van der Waals surface area contributed by atoms with Crippen LogP contribution in [-0.2, 0) is 9.59 Å². The molecule has 0 bridgehead atoms. The van der Waals surface area contributed by atoms with Crippen molar-refractivity contribution in [3.8, 4) is 11.5 Å². The van der Waals surface area contributed by atoms with Crippen molar-refractivity contribution in [2.75, 3.05) is 12.0 Å². The molecule has 0 spiro atoms. The molecule has 0 radical (unpaired) electrons. The highest BCUT2D eigenvalue weighted by molar-refractivity contribution is 6.51. The number of carbonyl (C=O) groups is 2. The summed E-state index contributed by atoms with van der Waals surface area (Å²) in [5, 5.41) is 21.0. The van der Waals surface area contributed by atoms with Gasteiger partial charge in [0.2, 0.25) is 0 Å². The Hall–Kier alpha value is -4.06. The lowest BCUT2D eigenvalue weighted by atomic mass is 9.95. The fourth-order valence-corrected chi connectivity index (χ4v) is 3.62. The van der Waals surface area contributed by atoms with Crippen LogP contribution in [0.15, 0.2) is 84.4 Å². The second-order valence-corrected chi connectivity index (χ2v) is 6.80. The van der Waals surface area contributed by atoms with Gasteiger partial charge in [0, 0.05) is 11.3 Å². The number of hydrogen-bond acceptors (Lipinski definition) is 5. The summed E-state index contributed by atoms with van der Waals surface area (Å²) in [6.07, 6.45) is 0. The summed E-state index contributed by atoms with van der Waals surface area (Å²) in [7, 11) is 1.41. The lowest BCUT2D eigenvalue weighted by Gasteiger charge is -2.25. The van der Waals surface area contributed by atoms with Gasteiger partial charge in [0.05, 0.1) is 18.7 Å². The monoisotopic (exact) mass is 401 g/mol. The number of nitrogens with zero attached hydrogens (tertiary/aromatic N) is 1. The first-order chi connectivity index (χ1) is 14.5. The van der Waals surface area contributed by atoms with Crippen molar-refractivity contribution in [2.24, 2.45) is 0 Å². The van der Waals surface area contributed by atoms with Crippen LogP contribution in [0.4, 0.5) is 5.69 Å². The normalized spacial score (nSPS) is 17.9. The van der Waals surface area contributed by atoms with Gasteiger partial charge in [-0.15, -0.1) is 0 Å². The van der Waals surface area contributed by atoms with Gasteiger partial charge in [0.25, 0.3) is 11.7 Å². The van der Waals surface area contributed by atoms with E-state index in [2.05, 4.69) is 0 Å². The minimum absolute atomic E-state index is 0.0252. The lowest BCUT2D eigenvalue weighted by molar-refractivity contribution is -0.132. The maximum atomic E-state index is 13.0. The number of rotatable bonds is 4. The van der Waals surface area contributed by atoms with E-state index < -0.39 is 17.7 Å². The Morgan fingerprint density at radius 3 is 2.20 bits per heavy atom. The molecule has 1 aliphatic rings. The Kier molecular flexibility index (Phi) is 4.98. The largest absolute Gasteiger partial charge is 0.507 e. The molecule has 4 rings (SSSR count). The maximum absolute atomic E-state index is 13.0. The molecule has 3 aromatic carbocycles. The van der Waals surface area contributed by atoms with Gasteiger partial charge in [0.1, 0.15) is 5.76 Å². The van der Waals surface area contributed by atoms with Crippen molar-refractivity contribution >= 4 is 23.1 Å². The number of anilines is 1. The molecule has 0 aliphatic carbocycles. The van der Waals surface area contributed by atoms with Crippen molar-refractivity contribution < 1.29 is 24.5 Å². The van der Waals surface area contributed by atoms with Crippen molar-refractivity contribution in [3.05, 3.63) is 95.6 Å². The standard InChI is InChI=1S/C24H19NO5/c1-30-19-14-16(12-13-18(19)26)21-20(22(27)15-8-4-2-5-9-15)23(28)24(29)25(21)17-10-6-3-7-11-17/h2-14,21,26-27H,1H3/b22-20+. The maximum Gasteiger partial charge on any atom is 0.300 e. The van der Waals surface area contributed by atoms with Crippen LogP contribution < -0.4 is 9.64 Å². The van der Waals surface area contributed by atoms with Crippen molar-refractivity contribution in [3.63, 3.8) is 0 Å². The Morgan fingerprint density at radius 2 is 1.57 bits per heavy atom. The first-order valence-corrected chi connectivity index (χ1v) is 9.31. The number of methoxy groups -OCH3 is 1. The Bertz CT molecular complexity index is 1140. The summed E-state index contributed by atoms with van der Waals surface area (Å²) in [5.74, 6) is -1.65. The van der Waals surface area contributed by atoms with E-state index in [0.29, 0.717) is 16.8 Å². The summed E-state index contributed by atoms with van der Waals surface area (Å²) < 4.78 is 5.20. The van der Waals surface area contributed by atoms with Crippen LogP contribution in [0, 0.1) is 0 Å². The predicted molar refractivity (Wildman–Crippen MR) is 112 cm³/mol. The molecule has 6 heteroatoms. The number of aliphatic hydroxyl groups excluding tert-OH is 1. The van der Waals surface area contributed by atoms with E-state index in [1.165, 1.54) is 18.1 Å². The Morgan fingerprint density at radius 1 is 0.933 bits per heavy atom. The molecule has 1 saturated heterocycles. The zero-order valence-corrected chi connectivity index (χ0v) is 16.1. The second-order valence-electron chi connectivity index (χ2n) is 6.80. The first kappa shape index (κ1) is 19.3. The second kappa shape index (κ2) is 7.75. The quantitative estimate of drug-likeness (QED) is 0.392. The molecule has 0 aromatic heterocycles. The van der Waals surface area contributed by atoms with Gasteiger partial charge in [-0.05, 0) is 29.8 Å². The van der Waals surface area contributed by atoms with Crippen LogP contribution in [0.25, 0.3) is 5.76 Å². The zero-order chi connectivity index (χ0) is 21.3.